The van der Waals surface area contributed by atoms with Crippen LogP contribution < -0.4 is 15.7 Å². The van der Waals surface area contributed by atoms with Crippen LogP contribution in [0.15, 0.2) is 153 Å². The van der Waals surface area contributed by atoms with Crippen LogP contribution in [0.2, 0.25) is 0 Å². The SMILES string of the molecule is CC(C)(C)c1ccc(N2B3c4cc5nc(-c6ccccc6)oc5cc4-n4c5cc6c(cc5c5c7oc8ccccc8c7c(c3c54)-c3cc4c(cc32)oc2ccccc24)C(C)(C)CCC6(C)C)cc1. The molecule has 0 spiro atoms. The zero-order valence-corrected chi connectivity index (χ0v) is 39.3. The number of hydrogen-bond acceptors (Lipinski definition) is 5. The van der Waals surface area contributed by atoms with Crippen LogP contribution in [0.3, 0.4) is 0 Å². The Balaban J connectivity index is 1.18. The van der Waals surface area contributed by atoms with Gasteiger partial charge in [-0.2, -0.15) is 0 Å². The minimum absolute atomic E-state index is 0.00281. The Kier molecular flexibility index (Phi) is 7.22. The lowest BCUT2D eigenvalue weighted by Gasteiger charge is -2.42. The number of hydrogen-bond donors (Lipinski definition) is 0. The topological polar surface area (TPSA) is 60.5 Å². The Bertz CT molecular complexity index is 4190. The first-order chi connectivity index (χ1) is 32.8. The van der Waals surface area contributed by atoms with Gasteiger partial charge in [0.2, 0.25) is 5.89 Å². The molecule has 2 aliphatic heterocycles. The first-order valence-corrected chi connectivity index (χ1v) is 24.2. The minimum Gasteiger partial charge on any atom is -0.456 e. The normalized spacial score (nSPS) is 15.9. The lowest BCUT2D eigenvalue weighted by atomic mass is 9.43. The molecule has 0 saturated carbocycles. The Morgan fingerprint density at radius 1 is 0.588 bits per heavy atom. The minimum atomic E-state index is -0.268. The van der Waals surface area contributed by atoms with Gasteiger partial charge in [-0.25, -0.2) is 4.98 Å². The van der Waals surface area contributed by atoms with E-state index in [1.807, 2.05) is 18.2 Å². The summed E-state index contributed by atoms with van der Waals surface area (Å²) in [6.45, 7) is 16.3. The molecule has 12 aromatic rings. The molecule has 0 N–H and O–H groups in total. The molecule has 15 rings (SSSR count). The van der Waals surface area contributed by atoms with Gasteiger partial charge in [0, 0.05) is 67.3 Å². The van der Waals surface area contributed by atoms with Crippen molar-refractivity contribution in [3.8, 4) is 28.3 Å². The zero-order chi connectivity index (χ0) is 45.7. The lowest BCUT2D eigenvalue weighted by molar-refractivity contribution is 0.332. The molecule has 1 aliphatic carbocycles. The molecule has 8 aromatic carbocycles. The molecular weight excluding hydrogens is 834 g/mol. The van der Waals surface area contributed by atoms with Crippen LogP contribution in [0.25, 0.3) is 105 Å². The van der Waals surface area contributed by atoms with E-state index in [1.54, 1.807) is 0 Å². The summed E-state index contributed by atoms with van der Waals surface area (Å²) in [4.78, 5) is 7.84. The van der Waals surface area contributed by atoms with E-state index in [4.69, 9.17) is 18.2 Å². The number of nitrogens with zero attached hydrogens (tertiary/aromatic N) is 3. The van der Waals surface area contributed by atoms with Gasteiger partial charge in [0.15, 0.2) is 5.58 Å². The smallest absolute Gasteiger partial charge is 0.333 e. The van der Waals surface area contributed by atoms with Crippen molar-refractivity contribution in [1.82, 2.24) is 9.55 Å². The predicted octanol–water partition coefficient (Wildman–Crippen LogP) is 15.3. The monoisotopic (exact) mass is 881 g/mol. The first kappa shape index (κ1) is 38.6. The second-order valence-corrected chi connectivity index (χ2v) is 22.1. The maximum atomic E-state index is 7.30. The fraction of sp³-hybridized carbons (Fsp3) is 0.197. The highest BCUT2D eigenvalue weighted by atomic mass is 16.3. The van der Waals surface area contributed by atoms with Crippen LogP contribution in [0.5, 0.6) is 0 Å². The van der Waals surface area contributed by atoms with Gasteiger partial charge < -0.3 is 22.6 Å². The zero-order valence-electron chi connectivity index (χ0n) is 39.3. The quantitative estimate of drug-likeness (QED) is 0.162. The Morgan fingerprint density at radius 3 is 2.01 bits per heavy atom. The lowest BCUT2D eigenvalue weighted by Crippen LogP contribution is -2.60. The van der Waals surface area contributed by atoms with Gasteiger partial charge in [0.1, 0.15) is 27.8 Å². The number of rotatable bonds is 2. The summed E-state index contributed by atoms with van der Waals surface area (Å²) in [6, 6.07) is 51.0. The van der Waals surface area contributed by atoms with Crippen LogP contribution in [-0.4, -0.2) is 16.4 Å². The third-order valence-corrected chi connectivity index (χ3v) is 16.2. The molecule has 0 atom stereocenters. The van der Waals surface area contributed by atoms with Crippen LogP contribution in [0.4, 0.5) is 11.4 Å². The summed E-state index contributed by atoms with van der Waals surface area (Å²) in [5.74, 6) is 0.613. The third kappa shape index (κ3) is 4.96. The van der Waals surface area contributed by atoms with Crippen molar-refractivity contribution in [3.05, 3.63) is 156 Å². The standard InChI is InChI=1S/C61H48BN3O3/c1-59(2,3)34-21-23-35(24-22-34)65-46-31-50-38(36-17-11-13-19-48(36)66-50)27-39(46)52-53-37-18-12-14-20-49(37)67-57(53)54-40-28-41-42(61(6,7)26-25-60(41,4)5)29-45(40)64-47-32-51-44(30-43(47)62(65)55(52)56(54)64)63-58(68-51)33-15-9-8-10-16-33/h8-24,27-32H,25-26H2,1-7H3. The van der Waals surface area contributed by atoms with Crippen molar-refractivity contribution >= 4 is 106 Å². The second kappa shape index (κ2) is 12.7. The van der Waals surface area contributed by atoms with Gasteiger partial charge in [-0.1, -0.05) is 115 Å². The van der Waals surface area contributed by atoms with E-state index >= 15 is 0 Å². The van der Waals surface area contributed by atoms with Gasteiger partial charge in [-0.15, -0.1) is 0 Å². The summed E-state index contributed by atoms with van der Waals surface area (Å²) < 4.78 is 23.4. The average Bonchev–Trinajstić information content (AvgIpc) is 4.11. The van der Waals surface area contributed by atoms with Crippen LogP contribution in [0, 0.1) is 0 Å². The Morgan fingerprint density at radius 2 is 1.26 bits per heavy atom. The largest absolute Gasteiger partial charge is 0.456 e. The summed E-state index contributed by atoms with van der Waals surface area (Å²) in [6.07, 6.45) is 2.25. The molecule has 0 unspecified atom stereocenters. The van der Waals surface area contributed by atoms with Gasteiger partial charge >= 0.3 is 6.85 Å². The number of para-hydroxylation sites is 2. The summed E-state index contributed by atoms with van der Waals surface area (Å²) >= 11 is 0. The van der Waals surface area contributed by atoms with E-state index in [2.05, 4.69) is 179 Å². The molecule has 6 nitrogen and oxygen atoms in total. The van der Waals surface area contributed by atoms with E-state index in [0.29, 0.717) is 5.89 Å². The fourth-order valence-corrected chi connectivity index (χ4v) is 12.6. The van der Waals surface area contributed by atoms with E-state index in [9.17, 15) is 0 Å². The van der Waals surface area contributed by atoms with Crippen molar-refractivity contribution in [2.45, 2.75) is 77.6 Å². The molecule has 328 valence electrons. The van der Waals surface area contributed by atoms with Crippen molar-refractivity contribution < 1.29 is 13.3 Å². The number of fused-ring (bicyclic) bond motifs is 18. The number of oxazole rings is 1. The van der Waals surface area contributed by atoms with Crippen LogP contribution in [-0.2, 0) is 16.2 Å². The van der Waals surface area contributed by atoms with Gasteiger partial charge in [0.25, 0.3) is 0 Å². The molecule has 7 heteroatoms. The molecule has 68 heavy (non-hydrogen) atoms. The molecule has 0 fully saturated rings. The number of furan rings is 2. The van der Waals surface area contributed by atoms with Crippen molar-refractivity contribution in [2.75, 3.05) is 4.81 Å². The van der Waals surface area contributed by atoms with E-state index in [0.717, 1.165) is 107 Å². The molecule has 0 saturated heterocycles. The van der Waals surface area contributed by atoms with Crippen molar-refractivity contribution in [1.29, 1.82) is 0 Å². The molecule has 0 bridgehead atoms. The number of anilines is 2. The molecule has 3 aliphatic rings. The second-order valence-electron chi connectivity index (χ2n) is 22.1. The van der Waals surface area contributed by atoms with Gasteiger partial charge in [-0.3, -0.25) is 0 Å². The van der Waals surface area contributed by atoms with E-state index in [1.165, 1.54) is 44.1 Å². The summed E-state index contributed by atoms with van der Waals surface area (Å²) in [7, 11) is 0. The first-order valence-electron chi connectivity index (χ1n) is 24.2. The maximum absolute atomic E-state index is 7.30. The molecule has 0 radical (unpaired) electrons. The Hall–Kier alpha value is -7.51. The average molecular weight is 882 g/mol. The highest BCUT2D eigenvalue weighted by molar-refractivity contribution is 6.94. The maximum Gasteiger partial charge on any atom is 0.333 e. The molecule has 6 heterocycles. The van der Waals surface area contributed by atoms with Crippen molar-refractivity contribution in [2.24, 2.45) is 0 Å². The van der Waals surface area contributed by atoms with Crippen LogP contribution >= 0.6 is 0 Å². The van der Waals surface area contributed by atoms with Gasteiger partial charge in [0.05, 0.1) is 16.4 Å². The van der Waals surface area contributed by atoms with Gasteiger partial charge in [-0.05, 0) is 123 Å². The predicted molar refractivity (Wildman–Crippen MR) is 281 cm³/mol. The molecule has 0 amide bonds. The van der Waals surface area contributed by atoms with E-state index in [-0.39, 0.29) is 23.1 Å². The summed E-state index contributed by atoms with van der Waals surface area (Å²) in [5, 5.41) is 6.85. The number of aromatic nitrogens is 2. The van der Waals surface area contributed by atoms with E-state index < -0.39 is 0 Å². The fourth-order valence-electron chi connectivity index (χ4n) is 12.6. The highest BCUT2D eigenvalue weighted by Crippen LogP contribution is 2.55. The molecular formula is C61H48BN3O3. The number of benzene rings is 8. The van der Waals surface area contributed by atoms with Crippen LogP contribution in [0.1, 0.15) is 78.0 Å². The third-order valence-electron chi connectivity index (χ3n) is 16.2. The summed E-state index contributed by atoms with van der Waals surface area (Å²) in [5.41, 5.74) is 20.7. The highest BCUT2D eigenvalue weighted by Gasteiger charge is 2.47. The van der Waals surface area contributed by atoms with Crippen molar-refractivity contribution in [3.63, 3.8) is 0 Å². The molecule has 4 aromatic heterocycles. The Labute approximate surface area is 393 Å².